The average molecular weight is 421 g/mol. The van der Waals surface area contributed by atoms with Gasteiger partial charge in [0.2, 0.25) is 0 Å². The molecule has 1 aliphatic heterocycles. The second-order valence-electron chi connectivity index (χ2n) is 8.53. The molecule has 2 aromatic carbocycles. The van der Waals surface area contributed by atoms with Crippen molar-refractivity contribution in [3.63, 3.8) is 0 Å². The number of nitrogens with zero attached hydrogens (tertiary/aromatic N) is 2. The van der Waals surface area contributed by atoms with Crippen molar-refractivity contribution >= 4 is 17.1 Å². The first kappa shape index (κ1) is 21.4. The Bertz CT molecular complexity index is 1020. The third-order valence-corrected chi connectivity index (χ3v) is 6.85. The zero-order chi connectivity index (χ0) is 22.0. The molecule has 1 saturated carbocycles. The van der Waals surface area contributed by atoms with Crippen LogP contribution in [0.2, 0.25) is 0 Å². The van der Waals surface area contributed by atoms with Crippen molar-refractivity contribution in [2.24, 2.45) is 22.4 Å². The summed E-state index contributed by atoms with van der Waals surface area (Å²) in [5.41, 5.74) is 13.7. The highest BCUT2D eigenvalue weighted by molar-refractivity contribution is 5.82. The maximum atomic E-state index is 11.0. The molecule has 0 spiro atoms. The lowest BCUT2D eigenvalue weighted by Crippen LogP contribution is -2.44. The van der Waals surface area contributed by atoms with Gasteiger partial charge in [0.1, 0.15) is 11.9 Å². The smallest absolute Gasteiger partial charge is 0.130 e. The van der Waals surface area contributed by atoms with Gasteiger partial charge in [-0.25, -0.2) is 4.99 Å². The molecule has 1 unspecified atom stereocenters. The lowest BCUT2D eigenvalue weighted by molar-refractivity contribution is -0.0339. The van der Waals surface area contributed by atoms with Gasteiger partial charge in [0.15, 0.2) is 0 Å². The molecular weight excluding hydrogens is 388 g/mol. The summed E-state index contributed by atoms with van der Waals surface area (Å²) < 4.78 is 5.76. The van der Waals surface area contributed by atoms with Crippen LogP contribution < -0.4 is 11.5 Å². The highest BCUT2D eigenvalue weighted by Crippen LogP contribution is 2.38. The van der Waals surface area contributed by atoms with E-state index in [0.717, 1.165) is 24.8 Å². The number of methoxy groups -OCH3 is 1. The molecule has 1 heterocycles. The lowest BCUT2D eigenvalue weighted by atomic mass is 9.95. The van der Waals surface area contributed by atoms with E-state index >= 15 is 0 Å². The van der Waals surface area contributed by atoms with Crippen molar-refractivity contribution < 1.29 is 9.84 Å². The summed E-state index contributed by atoms with van der Waals surface area (Å²) in [7, 11) is 1.68. The Balaban J connectivity index is 1.46. The molecule has 0 radical (unpaired) electrons. The van der Waals surface area contributed by atoms with Gasteiger partial charge in [0, 0.05) is 18.9 Å². The van der Waals surface area contributed by atoms with Gasteiger partial charge in [-0.2, -0.15) is 0 Å². The van der Waals surface area contributed by atoms with Crippen LogP contribution in [0, 0.1) is 5.92 Å². The van der Waals surface area contributed by atoms with Gasteiger partial charge >= 0.3 is 0 Å². The number of aliphatic imine (C=N–C) groups is 1. The number of ether oxygens (including phenoxy) is 1. The number of hydrogen-bond donors (Lipinski definition) is 3. The van der Waals surface area contributed by atoms with E-state index in [1.165, 1.54) is 22.7 Å². The quantitative estimate of drug-likeness (QED) is 0.493. The van der Waals surface area contributed by atoms with E-state index < -0.39 is 6.10 Å². The van der Waals surface area contributed by atoms with E-state index in [1.54, 1.807) is 7.11 Å². The number of aliphatic hydroxyl groups is 1. The van der Waals surface area contributed by atoms with Crippen LogP contribution in [-0.4, -0.2) is 47.7 Å². The summed E-state index contributed by atoms with van der Waals surface area (Å²) in [5, 5.41) is 13.5. The van der Waals surface area contributed by atoms with Crippen LogP contribution in [0.4, 0.5) is 0 Å². The average Bonchev–Trinajstić information content (AvgIpc) is 3.31. The number of nitrogens with two attached hydrogens (primary N) is 2. The highest BCUT2D eigenvalue weighted by Gasteiger charge is 2.46. The molecule has 5 N–H and O–H groups in total. The number of aliphatic hydroxyl groups excluding tert-OH is 1. The van der Waals surface area contributed by atoms with Crippen LogP contribution in [0.3, 0.4) is 0 Å². The first-order valence-electron chi connectivity index (χ1n) is 10.9. The molecule has 4 rings (SSSR count). The Kier molecular flexibility index (Phi) is 6.30. The van der Waals surface area contributed by atoms with Crippen LogP contribution >= 0.6 is 0 Å². The molecule has 0 bridgehead atoms. The largest absolute Gasteiger partial charge is 0.390 e. The first-order chi connectivity index (χ1) is 15.0. The van der Waals surface area contributed by atoms with Crippen LogP contribution in [0.15, 0.2) is 71.1 Å². The predicted octanol–water partition coefficient (Wildman–Crippen LogP) is 2.91. The fourth-order valence-electron chi connectivity index (χ4n) is 5.15. The fourth-order valence-corrected chi connectivity index (χ4v) is 5.15. The van der Waals surface area contributed by atoms with Gasteiger partial charge in [0.25, 0.3) is 0 Å². The molecule has 0 aromatic heterocycles. The molecule has 6 heteroatoms. The Morgan fingerprint density at radius 2 is 2.03 bits per heavy atom. The Labute approximate surface area is 183 Å². The third kappa shape index (κ3) is 4.18. The minimum absolute atomic E-state index is 0.0535. The Hall–Kier alpha value is -2.83. The summed E-state index contributed by atoms with van der Waals surface area (Å²) in [6.07, 6.45) is 7.22. The molecule has 0 saturated heterocycles. The van der Waals surface area contributed by atoms with E-state index in [-0.39, 0.29) is 24.1 Å². The number of fused-ring (bicyclic) bond motifs is 1. The first-order valence-corrected chi connectivity index (χ1v) is 10.9. The van der Waals surface area contributed by atoms with Gasteiger partial charge in [-0.1, -0.05) is 42.5 Å². The highest BCUT2D eigenvalue weighted by atomic mass is 16.5. The van der Waals surface area contributed by atoms with Crippen molar-refractivity contribution in [2.75, 3.05) is 7.11 Å². The van der Waals surface area contributed by atoms with Crippen LogP contribution in [0.1, 0.15) is 25.3 Å². The van der Waals surface area contributed by atoms with Gasteiger partial charge in [-0.3, -0.25) is 0 Å². The van der Waals surface area contributed by atoms with Crippen molar-refractivity contribution in [1.82, 2.24) is 4.90 Å². The SMILES string of the molecule is CO[C@@H]1[C@H](O)[C@@H](CCc2ccc3ccccc3c2)C[C@H]1N1C=C/C(=C(\N)N=CN)C1C. The zero-order valence-electron chi connectivity index (χ0n) is 18.2. The Morgan fingerprint density at radius 3 is 2.77 bits per heavy atom. The third-order valence-electron chi connectivity index (χ3n) is 6.85. The molecule has 1 aliphatic carbocycles. The van der Waals surface area contributed by atoms with E-state index in [9.17, 15) is 5.11 Å². The monoisotopic (exact) mass is 420 g/mol. The molecule has 6 nitrogen and oxygen atoms in total. The summed E-state index contributed by atoms with van der Waals surface area (Å²) in [4.78, 5) is 6.26. The lowest BCUT2D eigenvalue weighted by Gasteiger charge is -2.33. The molecule has 5 atom stereocenters. The predicted molar refractivity (Wildman–Crippen MR) is 125 cm³/mol. The molecular formula is C25H32N4O2. The van der Waals surface area contributed by atoms with Crippen molar-refractivity contribution in [3.8, 4) is 0 Å². The summed E-state index contributed by atoms with van der Waals surface area (Å²) in [6.45, 7) is 2.09. The maximum Gasteiger partial charge on any atom is 0.130 e. The van der Waals surface area contributed by atoms with Crippen molar-refractivity contribution in [2.45, 2.75) is 50.5 Å². The number of hydrogen-bond acceptors (Lipinski definition) is 5. The topological polar surface area (TPSA) is 97.1 Å². The number of aryl methyl sites for hydroxylation is 1. The summed E-state index contributed by atoms with van der Waals surface area (Å²) in [5.74, 6) is 0.601. The Morgan fingerprint density at radius 1 is 1.26 bits per heavy atom. The van der Waals surface area contributed by atoms with Gasteiger partial charge in [0.05, 0.1) is 24.5 Å². The van der Waals surface area contributed by atoms with E-state index in [1.807, 2.05) is 12.3 Å². The molecule has 164 valence electrons. The maximum absolute atomic E-state index is 11.0. The molecule has 1 fully saturated rings. The molecule has 0 amide bonds. The minimum atomic E-state index is -0.497. The van der Waals surface area contributed by atoms with Gasteiger partial charge < -0.3 is 26.2 Å². The minimum Gasteiger partial charge on any atom is -0.390 e. The summed E-state index contributed by atoms with van der Waals surface area (Å²) in [6, 6.07) is 15.2. The zero-order valence-corrected chi connectivity index (χ0v) is 18.2. The standard InChI is InChI=1S/C25H32N4O2/c1-16-21(25(27)28-15-26)11-12-29(16)22-14-20(23(30)24(22)31-2)10-8-17-7-9-18-5-3-4-6-19(18)13-17/h3-7,9,11-13,15-16,20,22-24,30H,8,10,14,27H2,1-2H3,(H2,26,28)/b25-21-/t16?,20-,22+,23+,24-/m0/s1. The number of benzene rings is 2. The molecule has 31 heavy (non-hydrogen) atoms. The van der Waals surface area contributed by atoms with Crippen LogP contribution in [-0.2, 0) is 11.2 Å². The van der Waals surface area contributed by atoms with Crippen molar-refractivity contribution in [3.05, 3.63) is 71.7 Å². The fraction of sp³-hybridized carbons (Fsp3) is 0.400. The molecule has 2 aromatic rings. The van der Waals surface area contributed by atoms with E-state index in [2.05, 4.69) is 59.3 Å². The number of rotatable bonds is 6. The second kappa shape index (κ2) is 9.12. The van der Waals surface area contributed by atoms with Crippen molar-refractivity contribution in [1.29, 1.82) is 0 Å². The van der Waals surface area contributed by atoms with Gasteiger partial charge in [-0.15, -0.1) is 0 Å². The van der Waals surface area contributed by atoms with Crippen LogP contribution in [0.25, 0.3) is 10.8 Å². The van der Waals surface area contributed by atoms with E-state index in [0.29, 0.717) is 5.82 Å². The molecule has 2 aliphatic rings. The van der Waals surface area contributed by atoms with Crippen LogP contribution in [0.5, 0.6) is 0 Å². The normalized spacial score (nSPS) is 30.0. The second-order valence-corrected chi connectivity index (χ2v) is 8.53. The van der Waals surface area contributed by atoms with Gasteiger partial charge in [-0.05, 0) is 54.5 Å². The van der Waals surface area contributed by atoms with E-state index in [4.69, 9.17) is 16.2 Å². The summed E-state index contributed by atoms with van der Waals surface area (Å²) >= 11 is 0.